The van der Waals surface area contributed by atoms with Crippen molar-refractivity contribution < 1.29 is 42.7 Å². The number of pyridine rings is 1. The second kappa shape index (κ2) is 9.57. The Kier molecular flexibility index (Phi) is 7.27. The van der Waals surface area contributed by atoms with Crippen molar-refractivity contribution in [2.45, 2.75) is 31.1 Å². The van der Waals surface area contributed by atoms with Crippen molar-refractivity contribution in [3.8, 4) is 0 Å². The predicted molar refractivity (Wildman–Crippen MR) is 101 cm³/mol. The van der Waals surface area contributed by atoms with E-state index >= 15 is 0 Å². The summed E-state index contributed by atoms with van der Waals surface area (Å²) in [6, 6.07) is 6.01. The van der Waals surface area contributed by atoms with Gasteiger partial charge in [0.1, 0.15) is 18.3 Å². The zero-order valence-electron chi connectivity index (χ0n) is 15.6. The van der Waals surface area contributed by atoms with Gasteiger partial charge in [-0.25, -0.2) is 9.36 Å². The molecule has 0 spiro atoms. The molecule has 14 nitrogen and oxygen atoms in total. The Bertz CT molecular complexity index is 1110. The van der Waals surface area contributed by atoms with Crippen molar-refractivity contribution in [3.05, 3.63) is 63.2 Å². The first kappa shape index (κ1) is 23.5. The van der Waals surface area contributed by atoms with Gasteiger partial charge in [0.25, 0.3) is 5.56 Å². The maximum absolute atomic E-state index is 12.8. The molecule has 0 aromatic carbocycles. The molecule has 1 aliphatic rings. The first-order valence-corrected chi connectivity index (χ1v) is 11.3. The maximum Gasteiger partial charge on any atom is 0.705 e. The van der Waals surface area contributed by atoms with Crippen LogP contribution < -0.4 is 11.2 Å². The van der Waals surface area contributed by atoms with Gasteiger partial charge >= 0.3 is 21.8 Å². The largest absolute Gasteiger partial charge is 0.705 e. The maximum atomic E-state index is 12.8. The molecule has 0 bridgehead atoms. The number of aliphatic hydroxyl groups excluding tert-OH is 2. The van der Waals surface area contributed by atoms with Gasteiger partial charge in [-0.05, 0) is 16.4 Å². The first-order chi connectivity index (χ1) is 14.6. The van der Waals surface area contributed by atoms with E-state index in [1.54, 1.807) is 18.2 Å². The summed E-state index contributed by atoms with van der Waals surface area (Å²) < 4.78 is 37.4. The average molecular weight is 478 g/mol. The summed E-state index contributed by atoms with van der Waals surface area (Å²) in [5.41, 5.74) is -1.06. The highest BCUT2D eigenvalue weighted by Gasteiger charge is 2.46. The number of aliphatic hydroxyl groups is 2. The predicted octanol–water partition coefficient (Wildman–Crippen LogP) is -1.14. The third kappa shape index (κ3) is 5.57. The molecule has 2 aromatic rings. The van der Waals surface area contributed by atoms with Gasteiger partial charge in [-0.3, -0.25) is 28.3 Å². The Morgan fingerprint density at radius 3 is 2.61 bits per heavy atom. The molecule has 31 heavy (non-hydrogen) atoms. The average Bonchev–Trinajstić information content (AvgIpc) is 2.98. The third-order valence-corrected chi connectivity index (χ3v) is 6.19. The zero-order chi connectivity index (χ0) is 22.8. The summed E-state index contributed by atoms with van der Waals surface area (Å²) in [6.07, 6.45) is -3.62. The van der Waals surface area contributed by atoms with Crippen molar-refractivity contribution >= 4 is 16.1 Å². The number of hydrogen-bond donors (Lipinski definition) is 4. The monoisotopic (exact) mass is 478 g/mol. The minimum Gasteiger partial charge on any atom is -0.387 e. The van der Waals surface area contributed by atoms with Gasteiger partial charge in [-0.1, -0.05) is 6.07 Å². The van der Waals surface area contributed by atoms with Crippen LogP contribution >= 0.6 is 16.1 Å². The Labute approximate surface area is 174 Å². The van der Waals surface area contributed by atoms with E-state index in [0.717, 1.165) is 21.4 Å². The van der Waals surface area contributed by atoms with Crippen LogP contribution in [0.5, 0.6) is 0 Å². The van der Waals surface area contributed by atoms with Gasteiger partial charge in [-0.15, -0.1) is 4.89 Å². The van der Waals surface area contributed by atoms with Crippen molar-refractivity contribution in [3.63, 3.8) is 0 Å². The molecule has 0 amide bonds. The highest BCUT2D eigenvalue weighted by atomic mass is 31.2. The SMILES string of the molecule is O=c1ccn([C@@H]2O[C@H](COP(=O)(O)O[P+](=O)O)C(O)[C@@H]2O)c(=O)n1Cc1ccccn1. The molecule has 4 N–H and O–H groups in total. The lowest BCUT2D eigenvalue weighted by Crippen LogP contribution is -2.43. The number of ether oxygens (including phenoxy) is 1. The molecule has 1 aliphatic heterocycles. The van der Waals surface area contributed by atoms with E-state index in [9.17, 15) is 33.8 Å². The van der Waals surface area contributed by atoms with Crippen molar-refractivity contribution in [2.75, 3.05) is 6.61 Å². The van der Waals surface area contributed by atoms with E-state index < -0.39 is 58.5 Å². The Morgan fingerprint density at radius 2 is 1.97 bits per heavy atom. The first-order valence-electron chi connectivity index (χ1n) is 8.66. The van der Waals surface area contributed by atoms with E-state index in [1.807, 2.05) is 0 Å². The standard InChI is InChI=1S/C15H17N3O11P2/c19-11-4-6-17(15(22)18(11)7-9-3-1-2-5-16-9)14-13(21)12(20)10(28-14)8-27-31(25,26)29-30(23)24/h1-6,10,12-14,20-21H,7-8H2,(H-,23,24,25,26)/p+1/t10-,12?,13+,14-/m1/s1. The van der Waals surface area contributed by atoms with E-state index in [2.05, 4.69) is 13.8 Å². The normalized spacial score (nSPS) is 25.9. The van der Waals surface area contributed by atoms with Gasteiger partial charge < -0.3 is 14.9 Å². The fourth-order valence-corrected chi connectivity index (χ4v) is 4.13. The molecule has 6 atom stereocenters. The van der Waals surface area contributed by atoms with Crippen LogP contribution in [0.25, 0.3) is 0 Å². The summed E-state index contributed by atoms with van der Waals surface area (Å²) in [5, 5.41) is 20.4. The van der Waals surface area contributed by atoms with Gasteiger partial charge in [0.2, 0.25) is 0 Å². The van der Waals surface area contributed by atoms with Crippen LogP contribution in [0.1, 0.15) is 11.9 Å². The van der Waals surface area contributed by atoms with Crippen LogP contribution in [0.3, 0.4) is 0 Å². The molecular weight excluding hydrogens is 460 g/mol. The Hall–Kier alpha value is -2.12. The molecule has 0 radical (unpaired) electrons. The molecule has 3 heterocycles. The fourth-order valence-electron chi connectivity index (χ4n) is 2.90. The van der Waals surface area contributed by atoms with Crippen molar-refractivity contribution in [1.82, 2.24) is 14.1 Å². The molecule has 16 heteroatoms. The van der Waals surface area contributed by atoms with Crippen LogP contribution in [0.2, 0.25) is 0 Å². The second-order valence-electron chi connectivity index (χ2n) is 6.38. The zero-order valence-corrected chi connectivity index (χ0v) is 17.4. The number of phosphoric ester groups is 1. The van der Waals surface area contributed by atoms with E-state index in [4.69, 9.17) is 9.63 Å². The van der Waals surface area contributed by atoms with Crippen LogP contribution in [-0.2, 0) is 29.2 Å². The highest BCUT2D eigenvalue weighted by Crippen LogP contribution is 2.51. The molecule has 0 aliphatic carbocycles. The molecular formula is C15H18N3O11P2+. The minimum absolute atomic E-state index is 0.151. The molecule has 1 fully saturated rings. The Morgan fingerprint density at radius 1 is 1.23 bits per heavy atom. The smallest absolute Gasteiger partial charge is 0.387 e. The van der Waals surface area contributed by atoms with Crippen LogP contribution in [0.4, 0.5) is 0 Å². The lowest BCUT2D eigenvalue weighted by Gasteiger charge is -2.18. The summed E-state index contributed by atoms with van der Waals surface area (Å²) in [5.74, 6) is 0. The molecule has 0 saturated carbocycles. The van der Waals surface area contributed by atoms with Crippen LogP contribution in [0.15, 0.2) is 46.2 Å². The molecule has 168 valence electrons. The molecule has 2 aromatic heterocycles. The number of phosphoric acid groups is 1. The van der Waals surface area contributed by atoms with E-state index in [-0.39, 0.29) is 6.54 Å². The summed E-state index contributed by atoms with van der Waals surface area (Å²) >= 11 is 0. The number of hydrogen-bond acceptors (Lipinski definition) is 10. The van der Waals surface area contributed by atoms with Crippen molar-refractivity contribution in [1.29, 1.82) is 0 Å². The lowest BCUT2D eigenvalue weighted by atomic mass is 10.1. The van der Waals surface area contributed by atoms with Crippen molar-refractivity contribution in [2.24, 2.45) is 0 Å². The summed E-state index contributed by atoms with van der Waals surface area (Å²) in [7, 11) is -8.36. The quantitative estimate of drug-likeness (QED) is 0.333. The third-order valence-electron chi connectivity index (χ3n) is 4.33. The van der Waals surface area contributed by atoms with E-state index in [1.165, 1.54) is 6.20 Å². The lowest BCUT2D eigenvalue weighted by molar-refractivity contribution is -0.0545. The summed E-state index contributed by atoms with van der Waals surface area (Å²) in [4.78, 5) is 46.8. The van der Waals surface area contributed by atoms with Gasteiger partial charge in [-0.2, -0.15) is 0 Å². The van der Waals surface area contributed by atoms with E-state index in [0.29, 0.717) is 5.69 Å². The fraction of sp³-hybridized carbons (Fsp3) is 0.400. The second-order valence-corrected chi connectivity index (χ2v) is 8.71. The Balaban J connectivity index is 1.80. The van der Waals surface area contributed by atoms with Crippen LogP contribution in [-0.4, -0.2) is 59.0 Å². The highest BCUT2D eigenvalue weighted by molar-refractivity contribution is 7.55. The molecule has 3 rings (SSSR count). The van der Waals surface area contributed by atoms with Gasteiger partial charge in [0.15, 0.2) is 6.23 Å². The number of aromatic nitrogens is 3. The summed E-state index contributed by atoms with van der Waals surface area (Å²) in [6.45, 7) is -0.963. The number of rotatable bonds is 8. The molecule has 1 saturated heterocycles. The minimum atomic E-state index is -4.93. The van der Waals surface area contributed by atoms with Crippen LogP contribution in [0, 0.1) is 0 Å². The molecule has 3 unspecified atom stereocenters. The van der Waals surface area contributed by atoms with Gasteiger partial charge in [0.05, 0.1) is 18.8 Å². The number of nitrogens with zero attached hydrogens (tertiary/aromatic N) is 3. The van der Waals surface area contributed by atoms with Gasteiger partial charge in [0, 0.05) is 23.0 Å². The topological polar surface area (TPSA) is 200 Å².